The SMILES string of the molecule is CC(C)c1ccc(OCC(=O)N[C@@H]2CC(C)(C)Oc3ccccc32)c(Br)c1. The fourth-order valence-corrected chi connectivity index (χ4v) is 3.81. The van der Waals surface area contributed by atoms with E-state index in [2.05, 4.69) is 35.1 Å². The zero-order valence-electron chi connectivity index (χ0n) is 16.2. The van der Waals surface area contributed by atoms with Gasteiger partial charge in [0.25, 0.3) is 5.91 Å². The van der Waals surface area contributed by atoms with Crippen molar-refractivity contribution < 1.29 is 14.3 Å². The number of hydrogen-bond donors (Lipinski definition) is 1. The van der Waals surface area contributed by atoms with Gasteiger partial charge in [-0.25, -0.2) is 0 Å². The molecule has 1 aliphatic heterocycles. The first-order valence-corrected chi connectivity index (χ1v) is 10.0. The van der Waals surface area contributed by atoms with Gasteiger partial charge >= 0.3 is 0 Å². The zero-order chi connectivity index (χ0) is 19.6. The highest BCUT2D eigenvalue weighted by Crippen LogP contribution is 2.39. The minimum atomic E-state index is -0.330. The minimum Gasteiger partial charge on any atom is -0.487 e. The van der Waals surface area contributed by atoms with E-state index in [1.807, 2.05) is 56.3 Å². The Hall–Kier alpha value is -2.01. The maximum absolute atomic E-state index is 12.5. The first kappa shape index (κ1) is 19.7. The van der Waals surface area contributed by atoms with Gasteiger partial charge in [-0.3, -0.25) is 4.79 Å². The number of carbonyl (C=O) groups excluding carboxylic acids is 1. The van der Waals surface area contributed by atoms with Crippen molar-refractivity contribution >= 4 is 21.8 Å². The molecule has 0 aromatic heterocycles. The van der Waals surface area contributed by atoms with Crippen LogP contribution in [0.15, 0.2) is 46.9 Å². The first-order chi connectivity index (χ1) is 12.7. The fraction of sp³-hybridized carbons (Fsp3) is 0.409. The Morgan fingerprint density at radius 1 is 1.30 bits per heavy atom. The van der Waals surface area contributed by atoms with E-state index in [1.54, 1.807) is 0 Å². The molecule has 0 spiro atoms. The molecule has 2 aromatic rings. The van der Waals surface area contributed by atoms with Gasteiger partial charge in [0.2, 0.25) is 0 Å². The number of nitrogens with one attached hydrogen (secondary N) is 1. The number of halogens is 1. The highest BCUT2D eigenvalue weighted by atomic mass is 79.9. The first-order valence-electron chi connectivity index (χ1n) is 9.25. The summed E-state index contributed by atoms with van der Waals surface area (Å²) in [6, 6.07) is 13.7. The van der Waals surface area contributed by atoms with Crippen LogP contribution in [0, 0.1) is 0 Å². The van der Waals surface area contributed by atoms with Crippen LogP contribution >= 0.6 is 15.9 Å². The van der Waals surface area contributed by atoms with Crippen LogP contribution in [-0.2, 0) is 4.79 Å². The predicted octanol–water partition coefficient (Wildman–Crippen LogP) is 5.37. The van der Waals surface area contributed by atoms with Crippen molar-refractivity contribution in [2.24, 2.45) is 0 Å². The van der Waals surface area contributed by atoms with Gasteiger partial charge < -0.3 is 14.8 Å². The van der Waals surface area contributed by atoms with Gasteiger partial charge in [0.15, 0.2) is 6.61 Å². The lowest BCUT2D eigenvalue weighted by Crippen LogP contribution is -2.42. The molecule has 0 saturated heterocycles. The van der Waals surface area contributed by atoms with Gasteiger partial charge in [0.1, 0.15) is 17.1 Å². The Balaban J connectivity index is 1.65. The van der Waals surface area contributed by atoms with Crippen molar-refractivity contribution in [1.29, 1.82) is 0 Å². The van der Waals surface area contributed by atoms with Gasteiger partial charge in [0, 0.05) is 12.0 Å². The molecule has 27 heavy (non-hydrogen) atoms. The van der Waals surface area contributed by atoms with Gasteiger partial charge in [-0.15, -0.1) is 0 Å². The molecule has 1 aliphatic rings. The van der Waals surface area contributed by atoms with Crippen LogP contribution in [0.4, 0.5) is 0 Å². The van der Waals surface area contributed by atoms with E-state index in [4.69, 9.17) is 9.47 Å². The van der Waals surface area contributed by atoms with Crippen molar-refractivity contribution in [2.45, 2.75) is 51.7 Å². The second kappa shape index (κ2) is 7.93. The monoisotopic (exact) mass is 431 g/mol. The molecule has 0 radical (unpaired) electrons. The maximum Gasteiger partial charge on any atom is 0.258 e. The average molecular weight is 432 g/mol. The molecule has 0 aliphatic carbocycles. The summed E-state index contributed by atoms with van der Waals surface area (Å²) in [7, 11) is 0. The summed E-state index contributed by atoms with van der Waals surface area (Å²) in [5.41, 5.74) is 1.90. The third kappa shape index (κ3) is 4.83. The van der Waals surface area contributed by atoms with Gasteiger partial charge in [-0.2, -0.15) is 0 Å². The number of ether oxygens (including phenoxy) is 2. The molecule has 1 heterocycles. The summed E-state index contributed by atoms with van der Waals surface area (Å²) < 4.78 is 12.6. The average Bonchev–Trinajstić information content (AvgIpc) is 2.59. The highest BCUT2D eigenvalue weighted by Gasteiger charge is 2.34. The molecule has 2 aromatic carbocycles. The molecule has 3 rings (SSSR count). The summed E-state index contributed by atoms with van der Waals surface area (Å²) in [6.45, 7) is 8.32. The van der Waals surface area contributed by atoms with E-state index in [0.717, 1.165) is 15.8 Å². The summed E-state index contributed by atoms with van der Waals surface area (Å²) in [6.07, 6.45) is 0.711. The molecular formula is C22H26BrNO3. The predicted molar refractivity (Wildman–Crippen MR) is 110 cm³/mol. The molecule has 1 N–H and O–H groups in total. The van der Waals surface area contributed by atoms with Crippen molar-refractivity contribution in [3.8, 4) is 11.5 Å². The lowest BCUT2D eigenvalue weighted by atomic mass is 9.90. The van der Waals surface area contributed by atoms with Crippen LogP contribution in [0.1, 0.15) is 57.2 Å². The smallest absolute Gasteiger partial charge is 0.258 e. The Kier molecular flexibility index (Phi) is 5.80. The molecule has 1 atom stereocenters. The van der Waals surface area contributed by atoms with Crippen LogP contribution in [0.2, 0.25) is 0 Å². The molecule has 144 valence electrons. The van der Waals surface area contributed by atoms with E-state index >= 15 is 0 Å². The molecule has 0 bridgehead atoms. The number of hydrogen-bond acceptors (Lipinski definition) is 3. The van der Waals surface area contributed by atoms with Crippen molar-refractivity contribution in [1.82, 2.24) is 5.32 Å². The van der Waals surface area contributed by atoms with Crippen LogP contribution in [-0.4, -0.2) is 18.1 Å². The van der Waals surface area contributed by atoms with E-state index in [-0.39, 0.29) is 24.2 Å². The van der Waals surface area contributed by atoms with Crippen molar-refractivity contribution in [3.05, 3.63) is 58.1 Å². The van der Waals surface area contributed by atoms with Gasteiger partial charge in [0.05, 0.1) is 10.5 Å². The zero-order valence-corrected chi connectivity index (χ0v) is 17.8. The molecule has 0 saturated carbocycles. The van der Waals surface area contributed by atoms with Gasteiger partial charge in [-0.05, 0) is 59.5 Å². The topological polar surface area (TPSA) is 47.6 Å². The molecule has 0 unspecified atom stereocenters. The van der Waals surface area contributed by atoms with Crippen molar-refractivity contribution in [2.75, 3.05) is 6.61 Å². The number of carbonyl (C=O) groups is 1. The molecule has 4 nitrogen and oxygen atoms in total. The molecule has 1 amide bonds. The normalized spacial score (nSPS) is 17.8. The van der Waals surface area contributed by atoms with E-state index in [1.165, 1.54) is 5.56 Å². The number of amides is 1. The van der Waals surface area contributed by atoms with E-state index in [9.17, 15) is 4.79 Å². The standard InChI is InChI=1S/C22H26BrNO3/c1-14(2)15-9-10-20(17(23)11-15)26-13-21(25)24-18-12-22(3,4)27-19-8-6-5-7-16(18)19/h5-11,14,18H,12-13H2,1-4H3,(H,24,25)/t18-/m1/s1. The highest BCUT2D eigenvalue weighted by molar-refractivity contribution is 9.10. The third-order valence-corrected chi connectivity index (χ3v) is 5.31. The largest absolute Gasteiger partial charge is 0.487 e. The summed E-state index contributed by atoms with van der Waals surface area (Å²) >= 11 is 3.53. The van der Waals surface area contributed by atoms with Crippen molar-refractivity contribution in [3.63, 3.8) is 0 Å². The molecule has 5 heteroatoms. The van der Waals surface area contributed by atoms with E-state index < -0.39 is 0 Å². The maximum atomic E-state index is 12.5. The second-order valence-electron chi connectivity index (χ2n) is 7.86. The second-order valence-corrected chi connectivity index (χ2v) is 8.71. The van der Waals surface area contributed by atoms with Crippen LogP contribution < -0.4 is 14.8 Å². The Bertz CT molecular complexity index is 832. The lowest BCUT2D eigenvalue weighted by Gasteiger charge is -2.37. The molecular weight excluding hydrogens is 406 g/mol. The fourth-order valence-electron chi connectivity index (χ4n) is 3.30. The third-order valence-electron chi connectivity index (χ3n) is 4.69. The van der Waals surface area contributed by atoms with E-state index in [0.29, 0.717) is 18.1 Å². The number of rotatable bonds is 5. The van der Waals surface area contributed by atoms with Crippen LogP contribution in [0.25, 0.3) is 0 Å². The molecule has 0 fully saturated rings. The van der Waals surface area contributed by atoms with Gasteiger partial charge in [-0.1, -0.05) is 38.1 Å². The minimum absolute atomic E-state index is 0.0282. The summed E-state index contributed by atoms with van der Waals surface area (Å²) in [4.78, 5) is 12.5. The summed E-state index contributed by atoms with van der Waals surface area (Å²) in [5, 5.41) is 3.09. The number of benzene rings is 2. The Labute approximate surface area is 169 Å². The van der Waals surface area contributed by atoms with Crippen LogP contribution in [0.5, 0.6) is 11.5 Å². The van der Waals surface area contributed by atoms with Crippen LogP contribution in [0.3, 0.4) is 0 Å². The lowest BCUT2D eigenvalue weighted by molar-refractivity contribution is -0.124. The quantitative estimate of drug-likeness (QED) is 0.691. The number of para-hydroxylation sites is 1. The Morgan fingerprint density at radius 2 is 2.04 bits per heavy atom. The Morgan fingerprint density at radius 3 is 2.74 bits per heavy atom. The summed E-state index contributed by atoms with van der Waals surface area (Å²) in [5.74, 6) is 1.79. The number of fused-ring (bicyclic) bond motifs is 1.